The number of para-hydroxylation sites is 1. The van der Waals surface area contributed by atoms with Crippen LogP contribution in [0.5, 0.6) is 0 Å². The van der Waals surface area contributed by atoms with Crippen molar-refractivity contribution in [2.45, 2.75) is 39.7 Å². The number of anilines is 1. The summed E-state index contributed by atoms with van der Waals surface area (Å²) < 4.78 is 6.85. The number of likely N-dealkylation sites (N-methyl/N-ethyl adjacent to an activating group) is 1. The van der Waals surface area contributed by atoms with Crippen molar-refractivity contribution in [3.63, 3.8) is 0 Å². The molecular formula is C21H27N5O2. The Bertz CT molecular complexity index is 937. The molecule has 148 valence electrons. The summed E-state index contributed by atoms with van der Waals surface area (Å²) in [4.78, 5) is 14.5. The topological polar surface area (TPSA) is 76.2 Å². The number of carbonyl (C=O) groups is 1. The zero-order chi connectivity index (χ0) is 20.3. The van der Waals surface area contributed by atoms with Gasteiger partial charge in [-0.15, -0.1) is 0 Å². The van der Waals surface area contributed by atoms with Gasteiger partial charge in [0.15, 0.2) is 0 Å². The van der Waals surface area contributed by atoms with Crippen molar-refractivity contribution >= 4 is 11.7 Å². The Hall–Kier alpha value is -2.93. The van der Waals surface area contributed by atoms with Crippen LogP contribution in [0, 0.1) is 6.92 Å². The van der Waals surface area contributed by atoms with Gasteiger partial charge in [0.05, 0.1) is 23.6 Å². The molecule has 0 atom stereocenters. The molecule has 7 heteroatoms. The largest absolute Gasteiger partial charge is 0.361 e. The second-order valence-corrected chi connectivity index (χ2v) is 8.06. The van der Waals surface area contributed by atoms with Crippen LogP contribution in [0.25, 0.3) is 5.69 Å². The van der Waals surface area contributed by atoms with Gasteiger partial charge in [0.25, 0.3) is 0 Å². The molecule has 2 heterocycles. The van der Waals surface area contributed by atoms with Crippen molar-refractivity contribution in [2.75, 3.05) is 18.9 Å². The highest BCUT2D eigenvalue weighted by Crippen LogP contribution is 2.26. The molecule has 0 aliphatic rings. The second kappa shape index (κ2) is 7.98. The van der Waals surface area contributed by atoms with Crippen LogP contribution >= 0.6 is 0 Å². The fourth-order valence-electron chi connectivity index (χ4n) is 2.86. The van der Waals surface area contributed by atoms with Crippen LogP contribution in [0.4, 0.5) is 5.82 Å². The van der Waals surface area contributed by atoms with Crippen molar-refractivity contribution in [2.24, 2.45) is 0 Å². The molecule has 1 aromatic carbocycles. The molecule has 0 saturated heterocycles. The van der Waals surface area contributed by atoms with Gasteiger partial charge in [0.2, 0.25) is 5.91 Å². The van der Waals surface area contributed by atoms with Gasteiger partial charge in [0, 0.05) is 24.1 Å². The number of benzene rings is 1. The van der Waals surface area contributed by atoms with Crippen LogP contribution in [-0.4, -0.2) is 39.3 Å². The zero-order valence-corrected chi connectivity index (χ0v) is 17.1. The summed E-state index contributed by atoms with van der Waals surface area (Å²) in [7, 11) is 1.87. The maximum Gasteiger partial charge on any atom is 0.239 e. The quantitative estimate of drug-likeness (QED) is 0.707. The molecule has 28 heavy (non-hydrogen) atoms. The number of carbonyl (C=O) groups excluding carboxylic acids is 1. The van der Waals surface area contributed by atoms with Crippen LogP contribution in [0.1, 0.15) is 37.9 Å². The molecule has 2 aromatic heterocycles. The number of amides is 1. The number of hydrogen-bond acceptors (Lipinski definition) is 5. The van der Waals surface area contributed by atoms with E-state index >= 15 is 0 Å². The van der Waals surface area contributed by atoms with E-state index in [0.29, 0.717) is 12.4 Å². The molecule has 0 bridgehead atoms. The van der Waals surface area contributed by atoms with Crippen LogP contribution in [0.15, 0.2) is 47.0 Å². The maximum atomic E-state index is 12.6. The molecule has 3 aromatic rings. The Balaban J connectivity index is 1.75. The number of aryl methyl sites for hydroxylation is 1. The lowest BCUT2D eigenvalue weighted by Gasteiger charge is -2.15. The first-order chi connectivity index (χ1) is 13.2. The van der Waals surface area contributed by atoms with Crippen molar-refractivity contribution in [1.29, 1.82) is 0 Å². The number of nitrogens with zero attached hydrogens (tertiary/aromatic N) is 4. The molecular weight excluding hydrogens is 354 g/mol. The normalized spacial score (nSPS) is 11.8. The monoisotopic (exact) mass is 381 g/mol. The molecule has 1 amide bonds. The molecule has 7 nitrogen and oxygen atoms in total. The van der Waals surface area contributed by atoms with Gasteiger partial charge in [0.1, 0.15) is 11.6 Å². The Labute approximate surface area is 165 Å². The van der Waals surface area contributed by atoms with E-state index in [9.17, 15) is 4.79 Å². The van der Waals surface area contributed by atoms with E-state index in [1.54, 1.807) is 4.68 Å². The summed E-state index contributed by atoms with van der Waals surface area (Å²) in [5.74, 6) is 1.31. The first-order valence-electron chi connectivity index (χ1n) is 9.29. The Morgan fingerprint density at radius 3 is 2.54 bits per heavy atom. The minimum absolute atomic E-state index is 0.111. The zero-order valence-electron chi connectivity index (χ0n) is 17.1. The van der Waals surface area contributed by atoms with E-state index in [1.807, 2.05) is 61.3 Å². The van der Waals surface area contributed by atoms with E-state index in [4.69, 9.17) is 9.62 Å². The van der Waals surface area contributed by atoms with Crippen molar-refractivity contribution < 1.29 is 9.32 Å². The summed E-state index contributed by atoms with van der Waals surface area (Å²) in [6.45, 7) is 8.92. The molecule has 0 spiro atoms. The van der Waals surface area contributed by atoms with E-state index in [0.717, 1.165) is 22.8 Å². The van der Waals surface area contributed by atoms with E-state index in [-0.39, 0.29) is 17.9 Å². The standard InChI is InChI=1S/C21H27N5O2/c1-15-11-16(24-28-15)13-25(5)14-20(27)22-19-12-18(21(2,3)4)23-26(19)17-9-7-6-8-10-17/h6-12H,13-14H2,1-5H3,(H,22,27). The Morgan fingerprint density at radius 1 is 1.21 bits per heavy atom. The average Bonchev–Trinajstić information content (AvgIpc) is 3.21. The highest BCUT2D eigenvalue weighted by Gasteiger charge is 2.21. The third kappa shape index (κ3) is 4.86. The number of aromatic nitrogens is 3. The SMILES string of the molecule is Cc1cc(CN(C)CC(=O)Nc2cc(C(C)(C)C)nn2-c2ccccc2)no1. The molecule has 0 fully saturated rings. The molecule has 0 saturated carbocycles. The lowest BCUT2D eigenvalue weighted by atomic mass is 9.92. The van der Waals surface area contributed by atoms with Crippen LogP contribution in [0.3, 0.4) is 0 Å². The minimum atomic E-state index is -0.124. The lowest BCUT2D eigenvalue weighted by Crippen LogP contribution is -2.30. The molecule has 3 rings (SSSR count). The van der Waals surface area contributed by atoms with E-state index in [2.05, 4.69) is 31.2 Å². The highest BCUT2D eigenvalue weighted by molar-refractivity contribution is 5.91. The smallest absolute Gasteiger partial charge is 0.239 e. The first kappa shape index (κ1) is 19.8. The van der Waals surface area contributed by atoms with Crippen LogP contribution in [0.2, 0.25) is 0 Å². The van der Waals surface area contributed by atoms with E-state index in [1.165, 1.54) is 0 Å². The van der Waals surface area contributed by atoms with Gasteiger partial charge in [-0.2, -0.15) is 5.10 Å². The summed E-state index contributed by atoms with van der Waals surface area (Å²) in [6, 6.07) is 13.6. The third-order valence-corrected chi connectivity index (χ3v) is 4.27. The summed E-state index contributed by atoms with van der Waals surface area (Å²) in [6.07, 6.45) is 0. The van der Waals surface area contributed by atoms with E-state index < -0.39 is 0 Å². The third-order valence-electron chi connectivity index (χ3n) is 4.27. The molecule has 1 N–H and O–H groups in total. The predicted octanol–water partition coefficient (Wildman–Crippen LogP) is 3.54. The number of rotatable bonds is 6. The maximum absolute atomic E-state index is 12.6. The van der Waals surface area contributed by atoms with Gasteiger partial charge in [-0.1, -0.05) is 44.1 Å². The first-order valence-corrected chi connectivity index (χ1v) is 9.29. The fraction of sp³-hybridized carbons (Fsp3) is 0.381. The molecule has 0 unspecified atom stereocenters. The molecule has 0 radical (unpaired) electrons. The Kier molecular flexibility index (Phi) is 5.65. The van der Waals surface area contributed by atoms with Crippen molar-refractivity contribution in [1.82, 2.24) is 19.8 Å². The van der Waals surface area contributed by atoms with Crippen LogP contribution < -0.4 is 5.32 Å². The average molecular weight is 381 g/mol. The van der Waals surface area contributed by atoms with Gasteiger partial charge < -0.3 is 9.84 Å². The lowest BCUT2D eigenvalue weighted by molar-refractivity contribution is -0.117. The van der Waals surface area contributed by atoms with Gasteiger partial charge in [-0.3, -0.25) is 9.69 Å². The molecule has 0 aliphatic heterocycles. The minimum Gasteiger partial charge on any atom is -0.361 e. The summed E-state index contributed by atoms with van der Waals surface area (Å²) in [5.41, 5.74) is 2.50. The van der Waals surface area contributed by atoms with Crippen molar-refractivity contribution in [3.05, 3.63) is 59.6 Å². The van der Waals surface area contributed by atoms with Gasteiger partial charge >= 0.3 is 0 Å². The van der Waals surface area contributed by atoms with Crippen molar-refractivity contribution in [3.8, 4) is 5.69 Å². The summed E-state index contributed by atoms with van der Waals surface area (Å²) in [5, 5.41) is 11.7. The summed E-state index contributed by atoms with van der Waals surface area (Å²) >= 11 is 0. The fourth-order valence-corrected chi connectivity index (χ4v) is 2.86. The predicted molar refractivity (Wildman–Crippen MR) is 108 cm³/mol. The number of hydrogen-bond donors (Lipinski definition) is 1. The second-order valence-electron chi connectivity index (χ2n) is 8.06. The van der Waals surface area contributed by atoms with Gasteiger partial charge in [-0.25, -0.2) is 4.68 Å². The Morgan fingerprint density at radius 2 is 1.93 bits per heavy atom. The molecule has 0 aliphatic carbocycles. The van der Waals surface area contributed by atoms with Crippen LogP contribution in [-0.2, 0) is 16.8 Å². The number of nitrogens with one attached hydrogen (secondary N) is 1. The highest BCUT2D eigenvalue weighted by atomic mass is 16.5. The van der Waals surface area contributed by atoms with Gasteiger partial charge in [-0.05, 0) is 26.1 Å².